The van der Waals surface area contributed by atoms with E-state index in [-0.39, 0.29) is 0 Å². The van der Waals surface area contributed by atoms with E-state index < -0.39 is 0 Å². The van der Waals surface area contributed by atoms with Gasteiger partial charge >= 0.3 is 0 Å². The van der Waals surface area contributed by atoms with E-state index in [0.717, 1.165) is 29.6 Å². The third kappa shape index (κ3) is 2.08. The van der Waals surface area contributed by atoms with Crippen LogP contribution in [0.1, 0.15) is 85.5 Å². The predicted octanol–water partition coefficient (Wildman–Crippen LogP) is 6.61. The number of allylic oxidation sites excluding steroid dienone is 2. The summed E-state index contributed by atoms with van der Waals surface area (Å²) >= 11 is 0. The highest BCUT2D eigenvalue weighted by atomic mass is 14.6. The van der Waals surface area contributed by atoms with Crippen LogP contribution in [0.15, 0.2) is 11.6 Å². The first kappa shape index (κ1) is 15.3. The quantitative estimate of drug-likeness (QED) is 0.441. The molecule has 22 heavy (non-hydrogen) atoms. The van der Waals surface area contributed by atoms with E-state index >= 15 is 0 Å². The van der Waals surface area contributed by atoms with Gasteiger partial charge in [0.25, 0.3) is 0 Å². The fraction of sp³-hybridized carbons (Fsp3) is 0.909. The monoisotopic (exact) mass is 300 g/mol. The van der Waals surface area contributed by atoms with Crippen LogP contribution in [0.2, 0.25) is 0 Å². The van der Waals surface area contributed by atoms with Crippen LogP contribution in [0.5, 0.6) is 0 Å². The second kappa shape index (κ2) is 5.12. The van der Waals surface area contributed by atoms with Crippen molar-refractivity contribution < 1.29 is 0 Å². The molecule has 0 spiro atoms. The van der Waals surface area contributed by atoms with E-state index in [1.807, 2.05) is 0 Å². The minimum atomic E-state index is 0.647. The Kier molecular flexibility index (Phi) is 3.55. The lowest BCUT2D eigenvalue weighted by molar-refractivity contribution is -0.110. The molecule has 0 aliphatic heterocycles. The SMILES string of the molecule is CC=C1C[C@@H]2[C@H]3CC[C@@H]4C[C@@H](C)CC[C@@]4(C)[C@@H]3CC[C@@]2(C)C1. The molecule has 0 heteroatoms. The summed E-state index contributed by atoms with van der Waals surface area (Å²) in [4.78, 5) is 0. The molecule has 4 aliphatic rings. The maximum atomic E-state index is 2.70. The summed E-state index contributed by atoms with van der Waals surface area (Å²) in [5.74, 6) is 5.14. The van der Waals surface area contributed by atoms with E-state index in [0.29, 0.717) is 10.8 Å². The minimum Gasteiger partial charge on any atom is -0.0884 e. The first-order valence-corrected chi connectivity index (χ1v) is 10.1. The highest BCUT2D eigenvalue weighted by molar-refractivity contribution is 5.18. The van der Waals surface area contributed by atoms with Gasteiger partial charge in [-0.15, -0.1) is 0 Å². The van der Waals surface area contributed by atoms with Crippen molar-refractivity contribution >= 4 is 0 Å². The summed E-state index contributed by atoms with van der Waals surface area (Å²) in [6.07, 6.45) is 16.0. The van der Waals surface area contributed by atoms with Crippen molar-refractivity contribution in [1.29, 1.82) is 0 Å². The van der Waals surface area contributed by atoms with Crippen LogP contribution in [0, 0.1) is 40.4 Å². The van der Waals surface area contributed by atoms with Crippen molar-refractivity contribution in [2.75, 3.05) is 0 Å². The van der Waals surface area contributed by atoms with E-state index in [4.69, 9.17) is 0 Å². The Morgan fingerprint density at radius 3 is 2.59 bits per heavy atom. The van der Waals surface area contributed by atoms with Gasteiger partial charge in [-0.3, -0.25) is 0 Å². The number of fused-ring (bicyclic) bond motifs is 5. The molecule has 0 saturated heterocycles. The van der Waals surface area contributed by atoms with Crippen LogP contribution >= 0.6 is 0 Å². The Balaban J connectivity index is 1.62. The van der Waals surface area contributed by atoms with Gasteiger partial charge in [0, 0.05) is 0 Å². The summed E-state index contributed by atoms with van der Waals surface area (Å²) in [6, 6.07) is 0. The molecular formula is C22H36. The molecule has 0 aromatic rings. The van der Waals surface area contributed by atoms with Crippen molar-refractivity contribution in [2.45, 2.75) is 85.5 Å². The highest BCUT2D eigenvalue weighted by Gasteiger charge is 2.58. The van der Waals surface area contributed by atoms with Gasteiger partial charge in [0.1, 0.15) is 0 Å². The van der Waals surface area contributed by atoms with E-state index in [9.17, 15) is 0 Å². The van der Waals surface area contributed by atoms with E-state index in [2.05, 4.69) is 33.8 Å². The summed E-state index contributed by atoms with van der Waals surface area (Å²) in [5.41, 5.74) is 3.11. The van der Waals surface area contributed by atoms with Gasteiger partial charge in [-0.25, -0.2) is 0 Å². The maximum absolute atomic E-state index is 2.70. The first-order valence-electron chi connectivity index (χ1n) is 10.1. The Labute approximate surface area is 138 Å². The molecule has 4 saturated carbocycles. The smallest absolute Gasteiger partial charge is 0.0254 e. The molecular weight excluding hydrogens is 264 g/mol. The fourth-order valence-corrected chi connectivity index (χ4v) is 7.58. The summed E-state index contributed by atoms with van der Waals surface area (Å²) in [5, 5.41) is 0. The highest BCUT2D eigenvalue weighted by Crippen LogP contribution is 2.67. The fourth-order valence-electron chi connectivity index (χ4n) is 7.58. The molecule has 0 radical (unpaired) electrons. The van der Waals surface area contributed by atoms with Gasteiger partial charge in [-0.05, 0) is 98.7 Å². The minimum absolute atomic E-state index is 0.647. The van der Waals surface area contributed by atoms with Crippen molar-refractivity contribution in [3.05, 3.63) is 11.6 Å². The Hall–Kier alpha value is -0.260. The third-order valence-corrected chi connectivity index (χ3v) is 8.97. The molecule has 4 aliphatic carbocycles. The van der Waals surface area contributed by atoms with E-state index in [1.165, 1.54) is 44.9 Å². The maximum Gasteiger partial charge on any atom is -0.0254 e. The zero-order chi connectivity index (χ0) is 15.5. The van der Waals surface area contributed by atoms with Gasteiger partial charge in [-0.2, -0.15) is 0 Å². The predicted molar refractivity (Wildman–Crippen MR) is 94.6 cm³/mol. The zero-order valence-corrected chi connectivity index (χ0v) is 15.3. The Bertz CT molecular complexity index is 474. The van der Waals surface area contributed by atoms with Gasteiger partial charge in [-0.1, -0.05) is 38.8 Å². The lowest BCUT2D eigenvalue weighted by atomic mass is 9.45. The molecule has 0 nitrogen and oxygen atoms in total. The molecule has 0 bridgehead atoms. The average molecular weight is 301 g/mol. The topological polar surface area (TPSA) is 0 Å². The Morgan fingerprint density at radius 1 is 1.00 bits per heavy atom. The first-order chi connectivity index (χ1) is 10.5. The molecule has 0 aromatic carbocycles. The molecule has 0 aromatic heterocycles. The van der Waals surface area contributed by atoms with E-state index in [1.54, 1.807) is 18.4 Å². The molecule has 4 rings (SSSR count). The summed E-state index contributed by atoms with van der Waals surface area (Å²) in [7, 11) is 0. The molecule has 0 heterocycles. The van der Waals surface area contributed by atoms with Gasteiger partial charge < -0.3 is 0 Å². The van der Waals surface area contributed by atoms with Crippen LogP contribution < -0.4 is 0 Å². The third-order valence-electron chi connectivity index (χ3n) is 8.97. The lowest BCUT2D eigenvalue weighted by Crippen LogP contribution is -2.52. The number of hydrogen-bond donors (Lipinski definition) is 0. The zero-order valence-electron chi connectivity index (χ0n) is 15.3. The second-order valence-electron chi connectivity index (χ2n) is 10.1. The van der Waals surface area contributed by atoms with Crippen LogP contribution in [0.4, 0.5) is 0 Å². The molecule has 0 amide bonds. The average Bonchev–Trinajstić information content (AvgIpc) is 2.85. The largest absolute Gasteiger partial charge is 0.0884 e. The summed E-state index contributed by atoms with van der Waals surface area (Å²) in [6.45, 7) is 10.1. The van der Waals surface area contributed by atoms with Crippen LogP contribution in [-0.2, 0) is 0 Å². The Morgan fingerprint density at radius 2 is 1.82 bits per heavy atom. The van der Waals surface area contributed by atoms with Crippen LogP contribution in [0.25, 0.3) is 0 Å². The molecule has 7 atom stereocenters. The van der Waals surface area contributed by atoms with Crippen molar-refractivity contribution in [3.63, 3.8) is 0 Å². The van der Waals surface area contributed by atoms with Crippen molar-refractivity contribution in [3.8, 4) is 0 Å². The van der Waals surface area contributed by atoms with Crippen molar-refractivity contribution in [1.82, 2.24) is 0 Å². The molecule has 0 N–H and O–H groups in total. The van der Waals surface area contributed by atoms with Gasteiger partial charge in [0.2, 0.25) is 0 Å². The standard InChI is InChI=1S/C22H36/c1-5-16-13-20-18-7-6-17-12-15(2)8-11-22(17,4)19(18)9-10-21(20,3)14-16/h5,15,17-20H,6-14H2,1-4H3/t15-,17+,18-,19+,20+,21-,22+/m0/s1. The molecule has 124 valence electrons. The van der Waals surface area contributed by atoms with Crippen molar-refractivity contribution in [2.24, 2.45) is 40.4 Å². The van der Waals surface area contributed by atoms with Gasteiger partial charge in [0.05, 0.1) is 0 Å². The van der Waals surface area contributed by atoms with Crippen LogP contribution in [0.3, 0.4) is 0 Å². The molecule has 4 fully saturated rings. The lowest BCUT2D eigenvalue weighted by Gasteiger charge is -2.60. The summed E-state index contributed by atoms with van der Waals surface area (Å²) < 4.78 is 0. The molecule has 0 unspecified atom stereocenters. The van der Waals surface area contributed by atoms with Crippen LogP contribution in [-0.4, -0.2) is 0 Å². The number of hydrogen-bond acceptors (Lipinski definition) is 0. The number of rotatable bonds is 0. The normalized spacial score (nSPS) is 56.4. The second-order valence-corrected chi connectivity index (χ2v) is 10.1. The van der Waals surface area contributed by atoms with Gasteiger partial charge in [0.15, 0.2) is 0 Å².